The van der Waals surface area contributed by atoms with Gasteiger partial charge in [-0.25, -0.2) is 15.8 Å². The normalized spacial score (nSPS) is 21.1. The van der Waals surface area contributed by atoms with Gasteiger partial charge in [0.25, 0.3) is 0 Å². The molecule has 0 spiro atoms. The van der Waals surface area contributed by atoms with Gasteiger partial charge in [0, 0.05) is 11.6 Å². The van der Waals surface area contributed by atoms with E-state index in [1.165, 1.54) is 6.42 Å². The average molecular weight is 235 g/mol. The van der Waals surface area contributed by atoms with E-state index < -0.39 is 0 Å². The predicted molar refractivity (Wildman–Crippen MR) is 69.6 cm³/mol. The molecule has 0 radical (unpaired) electrons. The van der Waals surface area contributed by atoms with Crippen molar-refractivity contribution in [3.63, 3.8) is 0 Å². The van der Waals surface area contributed by atoms with Gasteiger partial charge >= 0.3 is 0 Å². The standard InChI is InChI=1S/C12H21N5/c1-4-5-8-10(14-7-15-11(8)17-13)16-9-6-12(9,2)3/h7,9H,4-6,13H2,1-3H3,(H2,14,15,16,17). The molecule has 1 unspecified atom stereocenters. The first-order chi connectivity index (χ1) is 8.08. The molecule has 94 valence electrons. The van der Waals surface area contributed by atoms with E-state index in [-0.39, 0.29) is 0 Å². The van der Waals surface area contributed by atoms with Crippen LogP contribution in [0, 0.1) is 5.41 Å². The molecule has 1 fully saturated rings. The van der Waals surface area contributed by atoms with E-state index in [1.807, 2.05) is 0 Å². The Balaban J connectivity index is 2.20. The molecule has 0 saturated heterocycles. The fourth-order valence-electron chi connectivity index (χ4n) is 2.03. The quantitative estimate of drug-likeness (QED) is 0.537. The van der Waals surface area contributed by atoms with Gasteiger partial charge in [-0.05, 0) is 18.3 Å². The van der Waals surface area contributed by atoms with Gasteiger partial charge in [0.05, 0.1) is 0 Å². The Kier molecular flexibility index (Phi) is 3.19. The van der Waals surface area contributed by atoms with Crippen LogP contribution in [-0.4, -0.2) is 16.0 Å². The molecule has 4 N–H and O–H groups in total. The second kappa shape index (κ2) is 4.49. The average Bonchev–Trinajstić information content (AvgIpc) is 2.89. The summed E-state index contributed by atoms with van der Waals surface area (Å²) in [4.78, 5) is 8.49. The first-order valence-corrected chi connectivity index (χ1v) is 6.15. The number of hydrogen-bond acceptors (Lipinski definition) is 5. The third-order valence-corrected chi connectivity index (χ3v) is 3.41. The molecule has 5 nitrogen and oxygen atoms in total. The Morgan fingerprint density at radius 3 is 2.59 bits per heavy atom. The summed E-state index contributed by atoms with van der Waals surface area (Å²) in [5.41, 5.74) is 4.11. The zero-order chi connectivity index (χ0) is 12.5. The summed E-state index contributed by atoms with van der Waals surface area (Å²) in [5.74, 6) is 7.13. The Hall–Kier alpha value is -1.36. The number of nitrogen functional groups attached to an aromatic ring is 1. The van der Waals surface area contributed by atoms with Crippen LogP contribution in [0.5, 0.6) is 0 Å². The molecular formula is C12H21N5. The Bertz CT molecular complexity index is 402. The fraction of sp³-hybridized carbons (Fsp3) is 0.667. The van der Waals surface area contributed by atoms with Crippen molar-refractivity contribution >= 4 is 11.6 Å². The maximum Gasteiger partial charge on any atom is 0.148 e. The number of anilines is 2. The van der Waals surface area contributed by atoms with Gasteiger partial charge in [-0.2, -0.15) is 0 Å². The Morgan fingerprint density at radius 2 is 2.06 bits per heavy atom. The molecule has 2 rings (SSSR count). The molecule has 1 saturated carbocycles. The number of hydrazine groups is 1. The molecule has 0 aliphatic heterocycles. The number of rotatable bonds is 5. The minimum atomic E-state index is 0.380. The zero-order valence-electron chi connectivity index (χ0n) is 10.7. The SMILES string of the molecule is CCCc1c(NN)ncnc1NC1CC1(C)C. The summed E-state index contributed by atoms with van der Waals surface area (Å²) in [7, 11) is 0. The lowest BCUT2D eigenvalue weighted by molar-refractivity contribution is 0.629. The summed E-state index contributed by atoms with van der Waals surface area (Å²) in [6, 6.07) is 0.513. The summed E-state index contributed by atoms with van der Waals surface area (Å²) < 4.78 is 0. The largest absolute Gasteiger partial charge is 0.366 e. The Morgan fingerprint density at radius 1 is 1.41 bits per heavy atom. The van der Waals surface area contributed by atoms with Gasteiger partial charge < -0.3 is 10.7 Å². The van der Waals surface area contributed by atoms with Gasteiger partial charge in [-0.15, -0.1) is 0 Å². The molecule has 0 bridgehead atoms. The van der Waals surface area contributed by atoms with Gasteiger partial charge in [0.15, 0.2) is 0 Å². The molecule has 17 heavy (non-hydrogen) atoms. The number of nitrogens with zero attached hydrogens (tertiary/aromatic N) is 2. The van der Waals surface area contributed by atoms with Crippen molar-refractivity contribution in [1.82, 2.24) is 9.97 Å². The number of nitrogens with two attached hydrogens (primary N) is 1. The smallest absolute Gasteiger partial charge is 0.148 e. The van der Waals surface area contributed by atoms with Gasteiger partial charge in [0.2, 0.25) is 0 Å². The molecule has 1 aromatic rings. The van der Waals surface area contributed by atoms with Crippen LogP contribution in [0.1, 0.15) is 39.2 Å². The molecule has 1 aliphatic carbocycles. The van der Waals surface area contributed by atoms with Gasteiger partial charge in [-0.3, -0.25) is 0 Å². The van der Waals surface area contributed by atoms with Crippen LogP contribution in [0.25, 0.3) is 0 Å². The van der Waals surface area contributed by atoms with E-state index in [9.17, 15) is 0 Å². The third-order valence-electron chi connectivity index (χ3n) is 3.41. The van der Waals surface area contributed by atoms with E-state index in [2.05, 4.69) is 41.5 Å². The van der Waals surface area contributed by atoms with E-state index in [0.717, 1.165) is 30.0 Å². The molecule has 5 heteroatoms. The maximum atomic E-state index is 5.48. The van der Waals surface area contributed by atoms with Crippen molar-refractivity contribution in [2.24, 2.45) is 11.3 Å². The van der Waals surface area contributed by atoms with E-state index in [0.29, 0.717) is 11.5 Å². The first kappa shape index (κ1) is 12.1. The topological polar surface area (TPSA) is 75.9 Å². The lowest BCUT2D eigenvalue weighted by atomic mass is 10.1. The van der Waals surface area contributed by atoms with Crippen LogP contribution in [0.4, 0.5) is 11.6 Å². The molecular weight excluding hydrogens is 214 g/mol. The highest BCUT2D eigenvalue weighted by atomic mass is 15.3. The first-order valence-electron chi connectivity index (χ1n) is 6.15. The fourth-order valence-corrected chi connectivity index (χ4v) is 2.03. The second-order valence-electron chi connectivity index (χ2n) is 5.33. The highest BCUT2D eigenvalue weighted by Gasteiger charge is 2.46. The van der Waals surface area contributed by atoms with Crippen molar-refractivity contribution in [2.45, 2.75) is 46.1 Å². The van der Waals surface area contributed by atoms with Crippen molar-refractivity contribution in [1.29, 1.82) is 0 Å². The molecule has 1 heterocycles. The molecule has 1 atom stereocenters. The summed E-state index contributed by atoms with van der Waals surface area (Å²) in [5, 5.41) is 3.49. The third kappa shape index (κ3) is 2.49. The van der Waals surface area contributed by atoms with Crippen LogP contribution in [-0.2, 0) is 6.42 Å². The lowest BCUT2D eigenvalue weighted by Crippen LogP contribution is -2.16. The van der Waals surface area contributed by atoms with Crippen molar-refractivity contribution in [3.05, 3.63) is 11.9 Å². The van der Waals surface area contributed by atoms with Crippen molar-refractivity contribution < 1.29 is 0 Å². The lowest BCUT2D eigenvalue weighted by Gasteiger charge is -2.14. The van der Waals surface area contributed by atoms with Crippen molar-refractivity contribution in [2.75, 3.05) is 10.7 Å². The maximum absolute atomic E-state index is 5.48. The van der Waals surface area contributed by atoms with E-state index in [1.54, 1.807) is 6.33 Å². The molecule has 1 aliphatic rings. The van der Waals surface area contributed by atoms with Crippen LogP contribution < -0.4 is 16.6 Å². The molecule has 0 amide bonds. The summed E-state index contributed by atoms with van der Waals surface area (Å²) in [6.07, 6.45) is 4.71. The van der Waals surface area contributed by atoms with Crippen LogP contribution in [0.15, 0.2) is 6.33 Å². The molecule has 1 aromatic heterocycles. The van der Waals surface area contributed by atoms with Crippen molar-refractivity contribution in [3.8, 4) is 0 Å². The predicted octanol–water partition coefficient (Wildman–Crippen LogP) is 1.93. The minimum absolute atomic E-state index is 0.380. The minimum Gasteiger partial charge on any atom is -0.366 e. The summed E-state index contributed by atoms with van der Waals surface area (Å²) >= 11 is 0. The van der Waals surface area contributed by atoms with Crippen LogP contribution in [0.2, 0.25) is 0 Å². The Labute approximate surface area is 102 Å². The zero-order valence-corrected chi connectivity index (χ0v) is 10.7. The van der Waals surface area contributed by atoms with Crippen LogP contribution in [0.3, 0.4) is 0 Å². The number of aromatic nitrogens is 2. The van der Waals surface area contributed by atoms with Gasteiger partial charge in [-0.1, -0.05) is 27.2 Å². The number of nitrogens with one attached hydrogen (secondary N) is 2. The summed E-state index contributed by atoms with van der Waals surface area (Å²) in [6.45, 7) is 6.65. The van der Waals surface area contributed by atoms with E-state index >= 15 is 0 Å². The molecule has 0 aromatic carbocycles. The number of hydrogen-bond donors (Lipinski definition) is 3. The monoisotopic (exact) mass is 235 g/mol. The van der Waals surface area contributed by atoms with Crippen LogP contribution >= 0.6 is 0 Å². The second-order valence-corrected chi connectivity index (χ2v) is 5.33. The highest BCUT2D eigenvalue weighted by Crippen LogP contribution is 2.46. The van der Waals surface area contributed by atoms with Gasteiger partial charge in [0.1, 0.15) is 18.0 Å². The highest BCUT2D eigenvalue weighted by molar-refractivity contribution is 5.58. The van der Waals surface area contributed by atoms with E-state index in [4.69, 9.17) is 5.84 Å².